The number of nitrogens with one attached hydrogen (secondary N) is 8. The summed E-state index contributed by atoms with van der Waals surface area (Å²) < 4.78 is 37.4. The van der Waals surface area contributed by atoms with Gasteiger partial charge < -0.3 is 83.4 Å². The maximum atomic E-state index is 12.5. The van der Waals surface area contributed by atoms with Crippen LogP contribution < -0.4 is 42.5 Å². The summed E-state index contributed by atoms with van der Waals surface area (Å²) in [6.07, 6.45) is 2.14. The molecule has 0 bridgehead atoms. The Morgan fingerprint density at radius 1 is 0.521 bits per heavy atom. The molecule has 396 valence electrons. The molecule has 16 nitrogen and oxygen atoms in total. The van der Waals surface area contributed by atoms with Crippen molar-refractivity contribution in [3.05, 3.63) is 108 Å². The second-order valence-corrected chi connectivity index (χ2v) is 19.4. The highest BCUT2D eigenvalue weighted by Gasteiger charge is 2.30. The van der Waals surface area contributed by atoms with E-state index in [-0.39, 0.29) is 69.2 Å². The highest BCUT2D eigenvalue weighted by molar-refractivity contribution is 7.81. The van der Waals surface area contributed by atoms with Crippen molar-refractivity contribution in [2.75, 3.05) is 27.8 Å². The molecule has 1 aliphatic rings. The van der Waals surface area contributed by atoms with Gasteiger partial charge in [-0.15, -0.1) is 0 Å². The Balaban J connectivity index is 0.000000261. The average Bonchev–Trinajstić information content (AvgIpc) is 3.29. The van der Waals surface area contributed by atoms with Crippen LogP contribution in [0, 0.1) is 5.92 Å². The molecule has 73 heavy (non-hydrogen) atoms. The van der Waals surface area contributed by atoms with Gasteiger partial charge in [0.25, 0.3) is 0 Å². The van der Waals surface area contributed by atoms with Crippen molar-refractivity contribution < 1.29 is 54.0 Å². The van der Waals surface area contributed by atoms with Crippen LogP contribution >= 0.6 is 48.9 Å². The molecule has 0 amide bonds. The maximum absolute atomic E-state index is 12.5. The number of hydrogen-bond donors (Lipinski definition) is 16. The molecule has 0 aromatic heterocycles. The van der Waals surface area contributed by atoms with E-state index in [9.17, 15) is 43.8 Å². The van der Waals surface area contributed by atoms with Crippen LogP contribution in [0.15, 0.2) is 97.1 Å². The summed E-state index contributed by atoms with van der Waals surface area (Å²) in [5, 5.41) is 99.8. The zero-order valence-corrected chi connectivity index (χ0v) is 44.0. The Kier molecular flexibility index (Phi) is 23.9. The lowest BCUT2D eigenvalue weighted by atomic mass is 9.89. The lowest BCUT2D eigenvalue weighted by molar-refractivity contribution is -0.137. The molecular weight excluding hydrogens is 1030 g/mol. The third-order valence-corrected chi connectivity index (χ3v) is 10.8. The fourth-order valence-corrected chi connectivity index (χ4v) is 7.51. The molecule has 5 aromatic carbocycles. The van der Waals surface area contributed by atoms with Gasteiger partial charge in [0.2, 0.25) is 0 Å². The zero-order valence-electron chi connectivity index (χ0n) is 40.7. The molecule has 0 spiro atoms. The average molecular weight is 1090 g/mol. The summed E-state index contributed by atoms with van der Waals surface area (Å²) in [6.45, 7) is 11.0. The van der Waals surface area contributed by atoms with Gasteiger partial charge in [-0.05, 0) is 168 Å². The normalized spacial score (nSPS) is 12.1. The molecule has 1 fully saturated rings. The van der Waals surface area contributed by atoms with Gasteiger partial charge in [0, 0.05) is 48.9 Å². The van der Waals surface area contributed by atoms with E-state index >= 15 is 0 Å². The number of thiocarbonyl (C=S) groups is 4. The van der Waals surface area contributed by atoms with E-state index < -0.39 is 11.7 Å². The summed E-state index contributed by atoms with van der Waals surface area (Å²) in [6, 6.07) is 21.9. The first-order chi connectivity index (χ1) is 34.2. The minimum absolute atomic E-state index is 0.0118. The number of rotatable bonds is 9. The van der Waals surface area contributed by atoms with E-state index in [1.165, 1.54) is 92.8 Å². The number of phenols is 8. The fraction of sp³-hybridized carbons (Fsp3) is 0.320. The molecule has 0 heterocycles. The van der Waals surface area contributed by atoms with Gasteiger partial charge in [0.15, 0.2) is 20.4 Å². The van der Waals surface area contributed by atoms with Crippen molar-refractivity contribution in [2.24, 2.45) is 5.92 Å². The second kappa shape index (κ2) is 28.9. The number of aromatic hydroxyl groups is 8. The second-order valence-electron chi connectivity index (χ2n) is 17.7. The van der Waals surface area contributed by atoms with Gasteiger partial charge in [-0.2, -0.15) is 13.2 Å². The van der Waals surface area contributed by atoms with Gasteiger partial charge >= 0.3 is 6.18 Å². The Labute approximate surface area is 444 Å². The quantitative estimate of drug-likeness (QED) is 0.0372. The molecule has 1 aliphatic carbocycles. The number of hydrogen-bond acceptors (Lipinski definition) is 12. The summed E-state index contributed by atoms with van der Waals surface area (Å²) in [7, 11) is 0. The monoisotopic (exact) mass is 1090 g/mol. The first-order valence-electron chi connectivity index (χ1n) is 22.7. The predicted octanol–water partition coefficient (Wildman–Crippen LogP) is 10.5. The number of halogens is 3. The van der Waals surface area contributed by atoms with Crippen molar-refractivity contribution in [1.82, 2.24) is 21.3 Å². The standard InChI is InChI=1S/C15H13F3N2O2S.C14H20N2O2S.C11H16N2O2S.C10H14N2O2S/c16-15(17,18)10-3-1-9(2-4-10)8-19-14(23)20-12-6-5-11(21)7-13(12)22;17-11-6-7-12(13(18)8-11)16-14(19)15-9-10-4-2-1-3-5-10;1-11(2,3)13-10(16)12-8-5-4-7(14)6-9(8)15;1-6(2)11-10(15)12-8-4-3-7(13)5-9(8)14/h1-7,21-22H,8H2,(H2,19,20,23);6-8,10,17-18H,1-5,9H2,(H2,15,16,19);4-6,14-15H,1-3H3,(H2,12,13,16);3-6,13-14H,1-2H3,(H2,11,12,15). The number of phenolic OH excluding ortho intramolecular Hbond substituents is 8. The SMILES string of the molecule is CC(C)(C)NC(=S)Nc1ccc(O)cc1O.CC(C)NC(=S)Nc1ccc(O)cc1O.Oc1ccc(NC(=S)NCC2CCCCC2)c(O)c1.Oc1ccc(NC(=S)NCc2ccc(C(F)(F)F)cc2)c(O)c1. The summed E-state index contributed by atoms with van der Waals surface area (Å²) in [5.41, 5.74) is 1.49. The summed E-state index contributed by atoms with van der Waals surface area (Å²) in [4.78, 5) is 0. The molecule has 16 N–H and O–H groups in total. The van der Waals surface area contributed by atoms with Crippen LogP contribution in [0.25, 0.3) is 0 Å². The molecule has 6 rings (SSSR count). The van der Waals surface area contributed by atoms with Crippen LogP contribution in [0.3, 0.4) is 0 Å². The van der Waals surface area contributed by atoms with Crippen LogP contribution in [-0.2, 0) is 12.7 Å². The molecule has 0 radical (unpaired) electrons. The van der Waals surface area contributed by atoms with Crippen molar-refractivity contribution in [2.45, 2.75) is 91.0 Å². The molecule has 0 atom stereocenters. The van der Waals surface area contributed by atoms with Gasteiger partial charge in [-0.25, -0.2) is 0 Å². The Morgan fingerprint density at radius 2 is 0.890 bits per heavy atom. The molecule has 5 aromatic rings. The zero-order chi connectivity index (χ0) is 54.5. The van der Waals surface area contributed by atoms with Crippen LogP contribution in [0.2, 0.25) is 0 Å². The third-order valence-electron chi connectivity index (χ3n) is 9.84. The Morgan fingerprint density at radius 3 is 1.25 bits per heavy atom. The lowest BCUT2D eigenvalue weighted by Gasteiger charge is -2.23. The van der Waals surface area contributed by atoms with E-state index in [4.69, 9.17) is 59.1 Å². The van der Waals surface area contributed by atoms with Gasteiger partial charge in [0.1, 0.15) is 46.0 Å². The van der Waals surface area contributed by atoms with Gasteiger partial charge in [-0.1, -0.05) is 31.4 Å². The molecule has 0 unspecified atom stereocenters. The maximum Gasteiger partial charge on any atom is 0.416 e. The Hall–Kier alpha value is -6.95. The van der Waals surface area contributed by atoms with Crippen LogP contribution in [-0.4, -0.2) is 79.4 Å². The van der Waals surface area contributed by atoms with E-state index in [1.807, 2.05) is 34.6 Å². The van der Waals surface area contributed by atoms with E-state index in [0.29, 0.717) is 49.6 Å². The van der Waals surface area contributed by atoms with E-state index in [1.54, 1.807) is 18.2 Å². The first-order valence-corrected chi connectivity index (χ1v) is 24.3. The van der Waals surface area contributed by atoms with Crippen molar-refractivity contribution >= 4 is 92.1 Å². The minimum atomic E-state index is -4.36. The molecular formula is C50H63F3N8O8S4. The van der Waals surface area contributed by atoms with Crippen molar-refractivity contribution in [3.63, 3.8) is 0 Å². The molecule has 0 aliphatic heterocycles. The molecule has 23 heteroatoms. The lowest BCUT2D eigenvalue weighted by Crippen LogP contribution is -2.42. The summed E-state index contributed by atoms with van der Waals surface area (Å²) >= 11 is 20.3. The molecule has 0 saturated heterocycles. The van der Waals surface area contributed by atoms with E-state index in [2.05, 4.69) is 42.5 Å². The predicted molar refractivity (Wildman–Crippen MR) is 298 cm³/mol. The Bertz CT molecular complexity index is 2620. The van der Waals surface area contributed by atoms with Crippen molar-refractivity contribution in [1.29, 1.82) is 0 Å². The highest BCUT2D eigenvalue weighted by Crippen LogP contribution is 2.31. The topological polar surface area (TPSA) is 258 Å². The van der Waals surface area contributed by atoms with Crippen molar-refractivity contribution in [3.8, 4) is 46.0 Å². The number of benzene rings is 5. The first kappa shape index (κ1) is 60.4. The fourth-order valence-electron chi connectivity index (χ4n) is 6.37. The van der Waals surface area contributed by atoms with Crippen LogP contribution in [0.1, 0.15) is 77.8 Å². The smallest absolute Gasteiger partial charge is 0.416 e. The largest absolute Gasteiger partial charge is 0.508 e. The van der Waals surface area contributed by atoms with E-state index in [0.717, 1.165) is 24.7 Å². The number of alkyl halides is 3. The van der Waals surface area contributed by atoms with Gasteiger partial charge in [0.05, 0.1) is 28.3 Å². The van der Waals surface area contributed by atoms with Gasteiger partial charge in [-0.3, -0.25) is 0 Å². The minimum Gasteiger partial charge on any atom is -0.508 e. The molecule has 1 saturated carbocycles. The number of anilines is 4. The summed E-state index contributed by atoms with van der Waals surface area (Å²) in [5.74, 6) is 0.396. The van der Waals surface area contributed by atoms with Crippen LogP contribution in [0.4, 0.5) is 35.9 Å². The highest BCUT2D eigenvalue weighted by atomic mass is 32.1. The van der Waals surface area contributed by atoms with Crippen LogP contribution in [0.5, 0.6) is 46.0 Å². The third kappa shape index (κ3) is 23.9.